The van der Waals surface area contributed by atoms with Crippen LogP contribution in [0.3, 0.4) is 0 Å². The minimum absolute atomic E-state index is 0.461. The van der Waals surface area contributed by atoms with Crippen LogP contribution < -0.4 is 11.1 Å². The van der Waals surface area contributed by atoms with E-state index in [4.69, 9.17) is 5.73 Å². The van der Waals surface area contributed by atoms with E-state index in [1.54, 1.807) is 0 Å². The van der Waals surface area contributed by atoms with Crippen LogP contribution in [0.25, 0.3) is 0 Å². The van der Waals surface area contributed by atoms with Crippen LogP contribution in [0.15, 0.2) is 0 Å². The molecule has 52 valence electrons. The summed E-state index contributed by atoms with van der Waals surface area (Å²) < 4.78 is 4.54. The van der Waals surface area contributed by atoms with Crippen molar-refractivity contribution in [2.45, 2.75) is 0 Å². The lowest BCUT2D eigenvalue weighted by molar-refractivity contribution is 0.120. The van der Waals surface area contributed by atoms with Crippen molar-refractivity contribution in [2.75, 3.05) is 19.7 Å². The first-order valence-corrected chi connectivity index (χ1v) is 2.92. The Kier molecular flexibility index (Phi) is 1.89. The molecule has 0 bridgehead atoms. The number of carbonyl (C=O) groups excluding carboxylic acids is 1. The highest BCUT2D eigenvalue weighted by atomic mass is 16.5. The van der Waals surface area contributed by atoms with Crippen molar-refractivity contribution in [2.24, 2.45) is 11.7 Å². The molecule has 4 heteroatoms. The number of primary amides is 1. The Morgan fingerprint density at radius 3 is 2.78 bits per heavy atom. The molecule has 1 fully saturated rings. The van der Waals surface area contributed by atoms with Gasteiger partial charge in [0.1, 0.15) is 0 Å². The zero-order valence-electron chi connectivity index (χ0n) is 5.09. The lowest BCUT2D eigenvalue weighted by Gasteiger charge is -2.25. The highest BCUT2D eigenvalue weighted by Gasteiger charge is 2.17. The van der Waals surface area contributed by atoms with Gasteiger partial charge in [-0.25, -0.2) is 4.79 Å². The fourth-order valence-electron chi connectivity index (χ4n) is 0.666. The summed E-state index contributed by atoms with van der Waals surface area (Å²) >= 11 is 0. The van der Waals surface area contributed by atoms with Crippen molar-refractivity contribution in [3.63, 3.8) is 0 Å². The Bertz CT molecular complexity index is 112. The first-order chi connectivity index (χ1) is 4.29. The van der Waals surface area contributed by atoms with Crippen LogP contribution in [-0.4, -0.2) is 25.8 Å². The molecule has 3 N–H and O–H groups in total. The molecule has 1 saturated heterocycles. The average Bonchev–Trinajstić information content (AvgIpc) is 1.60. The second-order valence-corrected chi connectivity index (χ2v) is 2.15. The van der Waals surface area contributed by atoms with Crippen LogP contribution in [0.4, 0.5) is 4.79 Å². The van der Waals surface area contributed by atoms with Gasteiger partial charge in [-0.1, -0.05) is 0 Å². The molecule has 0 aliphatic carbocycles. The molecule has 1 heterocycles. The summed E-state index contributed by atoms with van der Waals surface area (Å²) in [5.74, 6) is 0.484. The van der Waals surface area contributed by atoms with Crippen molar-refractivity contribution in [1.82, 2.24) is 5.32 Å². The van der Waals surface area contributed by atoms with Crippen LogP contribution in [0, 0.1) is 5.92 Å². The molecule has 0 unspecified atom stereocenters. The van der Waals surface area contributed by atoms with Gasteiger partial charge < -0.3 is 15.8 Å². The third-order valence-corrected chi connectivity index (χ3v) is 1.33. The largest absolute Gasteiger partial charge is 0.449 e. The van der Waals surface area contributed by atoms with Gasteiger partial charge in [0.25, 0.3) is 0 Å². The number of hydrogen-bond acceptors (Lipinski definition) is 3. The van der Waals surface area contributed by atoms with E-state index in [1.807, 2.05) is 0 Å². The van der Waals surface area contributed by atoms with E-state index in [-0.39, 0.29) is 0 Å². The summed E-state index contributed by atoms with van der Waals surface area (Å²) in [5.41, 5.74) is 4.74. The maximum atomic E-state index is 10.0. The number of ether oxygens (including phenoxy) is 1. The van der Waals surface area contributed by atoms with Crippen LogP contribution in [0.2, 0.25) is 0 Å². The van der Waals surface area contributed by atoms with E-state index < -0.39 is 6.09 Å². The van der Waals surface area contributed by atoms with E-state index >= 15 is 0 Å². The zero-order valence-corrected chi connectivity index (χ0v) is 5.09. The summed E-state index contributed by atoms with van der Waals surface area (Å²) in [6.45, 7) is 2.34. The van der Waals surface area contributed by atoms with Crippen molar-refractivity contribution in [1.29, 1.82) is 0 Å². The lowest BCUT2D eigenvalue weighted by atomic mass is 10.1. The SMILES string of the molecule is NC(=O)OCC1CNC1. The number of hydrogen-bond donors (Lipinski definition) is 2. The fourth-order valence-corrected chi connectivity index (χ4v) is 0.666. The Hall–Kier alpha value is -0.770. The molecule has 0 atom stereocenters. The molecule has 1 rings (SSSR count). The average molecular weight is 130 g/mol. The molecule has 1 amide bonds. The first kappa shape index (κ1) is 6.35. The molecule has 0 saturated carbocycles. The van der Waals surface area contributed by atoms with E-state index in [9.17, 15) is 4.79 Å². The quantitative estimate of drug-likeness (QED) is 0.519. The first-order valence-electron chi connectivity index (χ1n) is 2.92. The van der Waals surface area contributed by atoms with Gasteiger partial charge >= 0.3 is 6.09 Å². The Labute approximate surface area is 53.4 Å². The predicted molar refractivity (Wildman–Crippen MR) is 31.9 cm³/mol. The van der Waals surface area contributed by atoms with Gasteiger partial charge in [0.15, 0.2) is 0 Å². The van der Waals surface area contributed by atoms with Gasteiger partial charge in [-0.15, -0.1) is 0 Å². The third-order valence-electron chi connectivity index (χ3n) is 1.33. The van der Waals surface area contributed by atoms with Crippen molar-refractivity contribution < 1.29 is 9.53 Å². The molecular formula is C5H10N2O2. The highest BCUT2D eigenvalue weighted by Crippen LogP contribution is 2.01. The van der Waals surface area contributed by atoms with Gasteiger partial charge in [-0.05, 0) is 0 Å². The van der Waals surface area contributed by atoms with Gasteiger partial charge in [0, 0.05) is 19.0 Å². The maximum absolute atomic E-state index is 10.0. The van der Waals surface area contributed by atoms with Crippen LogP contribution >= 0.6 is 0 Å². The standard InChI is InChI=1S/C5H10N2O2/c6-5(8)9-3-4-1-7-2-4/h4,7H,1-3H2,(H2,6,8). The highest BCUT2D eigenvalue weighted by molar-refractivity contribution is 5.64. The Morgan fingerprint density at radius 1 is 1.78 bits per heavy atom. The van der Waals surface area contributed by atoms with Crippen LogP contribution in [0.1, 0.15) is 0 Å². The van der Waals surface area contributed by atoms with E-state index in [2.05, 4.69) is 10.1 Å². The minimum Gasteiger partial charge on any atom is -0.449 e. The second kappa shape index (κ2) is 2.68. The normalized spacial score (nSPS) is 18.7. The zero-order chi connectivity index (χ0) is 6.69. The molecule has 0 radical (unpaired) electrons. The van der Waals surface area contributed by atoms with Crippen molar-refractivity contribution >= 4 is 6.09 Å². The topological polar surface area (TPSA) is 64.4 Å². The number of carbonyl (C=O) groups is 1. The fraction of sp³-hybridized carbons (Fsp3) is 0.800. The molecule has 1 aliphatic heterocycles. The smallest absolute Gasteiger partial charge is 0.404 e. The van der Waals surface area contributed by atoms with E-state index in [0.29, 0.717) is 12.5 Å². The number of nitrogens with two attached hydrogens (primary N) is 1. The lowest BCUT2D eigenvalue weighted by Crippen LogP contribution is -2.45. The Morgan fingerprint density at radius 2 is 2.44 bits per heavy atom. The molecule has 0 aromatic carbocycles. The summed E-state index contributed by atoms with van der Waals surface area (Å²) in [6, 6.07) is 0. The van der Waals surface area contributed by atoms with Crippen LogP contribution in [-0.2, 0) is 4.74 Å². The summed E-state index contributed by atoms with van der Waals surface area (Å²) in [4.78, 5) is 10.0. The van der Waals surface area contributed by atoms with E-state index in [1.165, 1.54) is 0 Å². The minimum atomic E-state index is -0.679. The molecule has 4 nitrogen and oxygen atoms in total. The molecule has 1 aliphatic rings. The van der Waals surface area contributed by atoms with Gasteiger partial charge in [-0.2, -0.15) is 0 Å². The number of amides is 1. The summed E-state index contributed by atoms with van der Waals surface area (Å²) in [7, 11) is 0. The predicted octanol–water partition coefficient (Wildman–Crippen LogP) is -0.699. The van der Waals surface area contributed by atoms with Crippen molar-refractivity contribution in [3.8, 4) is 0 Å². The number of rotatable bonds is 2. The summed E-state index contributed by atoms with van der Waals surface area (Å²) in [5, 5.41) is 3.05. The second-order valence-electron chi connectivity index (χ2n) is 2.15. The molecule has 0 spiro atoms. The number of nitrogens with one attached hydrogen (secondary N) is 1. The molecule has 0 aromatic heterocycles. The van der Waals surface area contributed by atoms with E-state index in [0.717, 1.165) is 13.1 Å². The van der Waals surface area contributed by atoms with Gasteiger partial charge in [0.2, 0.25) is 0 Å². The molecule has 0 aromatic rings. The van der Waals surface area contributed by atoms with Gasteiger partial charge in [-0.3, -0.25) is 0 Å². The van der Waals surface area contributed by atoms with Gasteiger partial charge in [0.05, 0.1) is 6.61 Å². The van der Waals surface area contributed by atoms with Crippen molar-refractivity contribution in [3.05, 3.63) is 0 Å². The third kappa shape index (κ3) is 1.89. The molecule has 9 heavy (non-hydrogen) atoms. The monoisotopic (exact) mass is 130 g/mol. The van der Waals surface area contributed by atoms with Crippen LogP contribution in [0.5, 0.6) is 0 Å². The Balaban J connectivity index is 1.97. The molecular weight excluding hydrogens is 120 g/mol. The summed E-state index contributed by atoms with van der Waals surface area (Å²) in [6.07, 6.45) is -0.679. The maximum Gasteiger partial charge on any atom is 0.404 e.